The Hall–Kier alpha value is -2.43. The lowest BCUT2D eigenvalue weighted by Crippen LogP contribution is -2.38. The van der Waals surface area contributed by atoms with Crippen molar-refractivity contribution in [1.29, 1.82) is 0 Å². The van der Waals surface area contributed by atoms with Crippen LogP contribution >= 0.6 is 0 Å². The molecule has 0 aliphatic carbocycles. The molecule has 1 aliphatic rings. The molecule has 1 saturated heterocycles. The third-order valence-corrected chi connectivity index (χ3v) is 4.73. The molecule has 126 valence electrons. The number of aryl methyl sites for hydroxylation is 2. The second-order valence-corrected chi connectivity index (χ2v) is 6.70. The van der Waals surface area contributed by atoms with Gasteiger partial charge in [-0.2, -0.15) is 0 Å². The van der Waals surface area contributed by atoms with Crippen LogP contribution in [0.4, 0.5) is 11.5 Å². The van der Waals surface area contributed by atoms with E-state index in [0.29, 0.717) is 17.4 Å². The molecular weight excluding hydrogens is 300 g/mol. The summed E-state index contributed by atoms with van der Waals surface area (Å²) in [5.74, 6) is 1.32. The Kier molecular flexibility index (Phi) is 4.79. The number of aromatic nitrogens is 2. The minimum Gasteiger partial charge on any atom is -0.339 e. The van der Waals surface area contributed by atoms with Crippen molar-refractivity contribution in [2.24, 2.45) is 5.92 Å². The maximum Gasteiger partial charge on any atom is 0.274 e. The summed E-state index contributed by atoms with van der Waals surface area (Å²) >= 11 is 0. The first kappa shape index (κ1) is 16.4. The van der Waals surface area contributed by atoms with Crippen LogP contribution in [0.2, 0.25) is 0 Å². The van der Waals surface area contributed by atoms with Gasteiger partial charge in [-0.05, 0) is 68.0 Å². The summed E-state index contributed by atoms with van der Waals surface area (Å²) in [5.41, 5.74) is 3.86. The zero-order valence-electron chi connectivity index (χ0n) is 14.5. The van der Waals surface area contributed by atoms with Gasteiger partial charge in [0.1, 0.15) is 0 Å². The highest BCUT2D eigenvalue weighted by Crippen LogP contribution is 2.19. The summed E-state index contributed by atoms with van der Waals surface area (Å²) in [6.45, 7) is 8.01. The Labute approximate surface area is 143 Å². The molecule has 0 unspecified atom stereocenters. The molecule has 2 heterocycles. The van der Waals surface area contributed by atoms with Crippen molar-refractivity contribution in [3.63, 3.8) is 0 Å². The number of anilines is 2. The van der Waals surface area contributed by atoms with Crippen molar-refractivity contribution in [3.05, 3.63) is 47.2 Å². The van der Waals surface area contributed by atoms with E-state index in [1.807, 2.05) is 17.0 Å². The molecule has 0 saturated carbocycles. The van der Waals surface area contributed by atoms with E-state index in [1.165, 1.54) is 11.1 Å². The maximum absolute atomic E-state index is 12.5. The lowest BCUT2D eigenvalue weighted by molar-refractivity contribution is 0.0690. The molecule has 3 rings (SSSR count). The normalized spacial score (nSPS) is 15.4. The zero-order valence-corrected chi connectivity index (χ0v) is 14.5. The predicted molar refractivity (Wildman–Crippen MR) is 95.5 cm³/mol. The average Bonchev–Trinajstić information content (AvgIpc) is 2.59. The van der Waals surface area contributed by atoms with E-state index in [2.05, 4.69) is 48.4 Å². The van der Waals surface area contributed by atoms with Gasteiger partial charge in [0, 0.05) is 18.8 Å². The van der Waals surface area contributed by atoms with Crippen molar-refractivity contribution in [2.45, 2.75) is 33.6 Å². The molecule has 1 aromatic heterocycles. The first-order valence-corrected chi connectivity index (χ1v) is 8.50. The second kappa shape index (κ2) is 6.99. The summed E-state index contributed by atoms with van der Waals surface area (Å²) in [7, 11) is 0. The van der Waals surface area contributed by atoms with Gasteiger partial charge in [-0.15, -0.1) is 10.2 Å². The van der Waals surface area contributed by atoms with Gasteiger partial charge >= 0.3 is 0 Å². The van der Waals surface area contributed by atoms with Crippen LogP contribution in [0, 0.1) is 19.8 Å². The fraction of sp³-hybridized carbons (Fsp3) is 0.421. The molecule has 0 bridgehead atoms. The Balaban J connectivity index is 1.66. The lowest BCUT2D eigenvalue weighted by Gasteiger charge is -2.29. The predicted octanol–water partition coefficient (Wildman–Crippen LogP) is 3.71. The van der Waals surface area contributed by atoms with E-state index in [9.17, 15) is 4.79 Å². The van der Waals surface area contributed by atoms with Gasteiger partial charge in [-0.3, -0.25) is 4.79 Å². The number of piperidine rings is 1. The van der Waals surface area contributed by atoms with Gasteiger partial charge in [0.25, 0.3) is 5.91 Å². The Morgan fingerprint density at radius 3 is 2.46 bits per heavy atom. The van der Waals surface area contributed by atoms with Crippen LogP contribution in [0.5, 0.6) is 0 Å². The van der Waals surface area contributed by atoms with Crippen molar-refractivity contribution in [3.8, 4) is 0 Å². The number of hydrogen-bond donors (Lipinski definition) is 1. The fourth-order valence-corrected chi connectivity index (χ4v) is 2.85. The lowest BCUT2D eigenvalue weighted by atomic mass is 9.99. The average molecular weight is 324 g/mol. The van der Waals surface area contributed by atoms with Gasteiger partial charge in [0.15, 0.2) is 11.5 Å². The summed E-state index contributed by atoms with van der Waals surface area (Å²) in [6.07, 6.45) is 2.12. The van der Waals surface area contributed by atoms with Crippen LogP contribution in [0.15, 0.2) is 30.3 Å². The van der Waals surface area contributed by atoms with Gasteiger partial charge in [0.05, 0.1) is 0 Å². The van der Waals surface area contributed by atoms with Gasteiger partial charge in [-0.1, -0.05) is 13.0 Å². The smallest absolute Gasteiger partial charge is 0.274 e. The van der Waals surface area contributed by atoms with Crippen molar-refractivity contribution < 1.29 is 4.79 Å². The third-order valence-electron chi connectivity index (χ3n) is 4.73. The number of carbonyl (C=O) groups excluding carboxylic acids is 1. The fourth-order valence-electron chi connectivity index (χ4n) is 2.85. The summed E-state index contributed by atoms with van der Waals surface area (Å²) in [4.78, 5) is 14.3. The summed E-state index contributed by atoms with van der Waals surface area (Å²) in [6, 6.07) is 9.71. The minimum absolute atomic E-state index is 0.0212. The SMILES string of the molecule is Cc1ccc(Nc2ccc(C(=O)N3CCC(C)CC3)nn2)cc1C. The van der Waals surface area contributed by atoms with Crippen molar-refractivity contribution in [2.75, 3.05) is 18.4 Å². The topological polar surface area (TPSA) is 58.1 Å². The number of benzene rings is 1. The number of likely N-dealkylation sites (tertiary alicyclic amines) is 1. The number of nitrogens with zero attached hydrogens (tertiary/aromatic N) is 3. The van der Waals surface area contributed by atoms with Gasteiger partial charge in [-0.25, -0.2) is 0 Å². The maximum atomic E-state index is 12.5. The highest BCUT2D eigenvalue weighted by atomic mass is 16.2. The van der Waals surface area contributed by atoms with E-state index in [4.69, 9.17) is 0 Å². The Bertz CT molecular complexity index is 719. The molecule has 1 amide bonds. The van der Waals surface area contributed by atoms with Crippen molar-refractivity contribution >= 4 is 17.4 Å². The molecule has 1 aliphatic heterocycles. The van der Waals surface area contributed by atoms with Crippen LogP contribution in [-0.2, 0) is 0 Å². The van der Waals surface area contributed by atoms with Crippen LogP contribution < -0.4 is 5.32 Å². The number of nitrogens with one attached hydrogen (secondary N) is 1. The first-order valence-electron chi connectivity index (χ1n) is 8.50. The number of amides is 1. The zero-order chi connectivity index (χ0) is 17.1. The molecule has 2 aromatic rings. The summed E-state index contributed by atoms with van der Waals surface area (Å²) in [5, 5.41) is 11.5. The summed E-state index contributed by atoms with van der Waals surface area (Å²) < 4.78 is 0. The van der Waals surface area contributed by atoms with Crippen LogP contribution in [-0.4, -0.2) is 34.1 Å². The standard InChI is InChI=1S/C19H24N4O/c1-13-8-10-23(11-9-13)19(24)17-6-7-18(22-21-17)20-16-5-4-14(2)15(3)12-16/h4-7,12-13H,8-11H2,1-3H3,(H,20,22). The minimum atomic E-state index is -0.0212. The molecule has 0 atom stereocenters. The largest absolute Gasteiger partial charge is 0.339 e. The molecule has 5 nitrogen and oxygen atoms in total. The van der Waals surface area contributed by atoms with Crippen LogP contribution in [0.1, 0.15) is 41.4 Å². The molecule has 0 spiro atoms. The van der Waals surface area contributed by atoms with E-state index in [0.717, 1.165) is 31.6 Å². The van der Waals surface area contributed by atoms with E-state index in [-0.39, 0.29) is 5.91 Å². The highest BCUT2D eigenvalue weighted by Gasteiger charge is 2.22. The molecule has 24 heavy (non-hydrogen) atoms. The highest BCUT2D eigenvalue weighted by molar-refractivity contribution is 5.92. The monoisotopic (exact) mass is 324 g/mol. The molecule has 5 heteroatoms. The van der Waals surface area contributed by atoms with Gasteiger partial charge in [0.2, 0.25) is 0 Å². The number of hydrogen-bond acceptors (Lipinski definition) is 4. The molecule has 0 radical (unpaired) electrons. The quantitative estimate of drug-likeness (QED) is 0.935. The molecule has 1 N–H and O–H groups in total. The van der Waals surface area contributed by atoms with Crippen molar-refractivity contribution in [1.82, 2.24) is 15.1 Å². The van der Waals surface area contributed by atoms with E-state index in [1.54, 1.807) is 6.07 Å². The first-order chi connectivity index (χ1) is 11.5. The third kappa shape index (κ3) is 3.72. The molecule has 1 fully saturated rings. The van der Waals surface area contributed by atoms with Crippen LogP contribution in [0.25, 0.3) is 0 Å². The van der Waals surface area contributed by atoms with Gasteiger partial charge < -0.3 is 10.2 Å². The molecular formula is C19H24N4O. The van der Waals surface area contributed by atoms with Crippen LogP contribution in [0.3, 0.4) is 0 Å². The Morgan fingerprint density at radius 1 is 1.08 bits per heavy atom. The number of carbonyl (C=O) groups is 1. The van der Waals surface area contributed by atoms with E-state index >= 15 is 0 Å². The molecule has 1 aromatic carbocycles. The Morgan fingerprint density at radius 2 is 1.83 bits per heavy atom. The van der Waals surface area contributed by atoms with E-state index < -0.39 is 0 Å². The number of rotatable bonds is 3. The second-order valence-electron chi connectivity index (χ2n) is 6.70.